The lowest BCUT2D eigenvalue weighted by atomic mass is 9.96. The summed E-state index contributed by atoms with van der Waals surface area (Å²) in [7, 11) is 0. The minimum absolute atomic E-state index is 0.0357. The third-order valence-electron chi connectivity index (χ3n) is 6.91. The average Bonchev–Trinajstić information content (AvgIpc) is 3.35. The Bertz CT molecular complexity index is 1270. The highest BCUT2D eigenvalue weighted by molar-refractivity contribution is 6.02. The number of hydrogen-bond donors (Lipinski definition) is 1. The third kappa shape index (κ3) is 5.26. The molecule has 1 amide bonds. The van der Waals surface area contributed by atoms with E-state index < -0.39 is 0 Å². The first kappa shape index (κ1) is 24.0. The van der Waals surface area contributed by atoms with Crippen molar-refractivity contribution in [2.24, 2.45) is 5.92 Å². The number of nitrogens with one attached hydrogen (secondary N) is 1. The van der Waals surface area contributed by atoms with Crippen molar-refractivity contribution >= 4 is 5.91 Å². The number of rotatable bonds is 7. The van der Waals surface area contributed by atoms with Crippen LogP contribution in [0.15, 0.2) is 91.0 Å². The van der Waals surface area contributed by atoms with Crippen LogP contribution in [0.25, 0.3) is 22.4 Å². The maximum atomic E-state index is 14.1. The Morgan fingerprint density at radius 1 is 0.889 bits per heavy atom. The summed E-state index contributed by atoms with van der Waals surface area (Å²) in [6, 6.07) is 31.0. The number of nitrogens with zero attached hydrogens (tertiary/aromatic N) is 3. The Balaban J connectivity index is 1.46. The topological polar surface area (TPSA) is 52.2 Å². The molecule has 5 nitrogen and oxygen atoms in total. The lowest BCUT2D eigenvalue weighted by Crippen LogP contribution is -2.55. The van der Waals surface area contributed by atoms with Crippen molar-refractivity contribution < 1.29 is 4.79 Å². The molecule has 3 aromatic carbocycles. The van der Waals surface area contributed by atoms with Crippen molar-refractivity contribution in [3.63, 3.8) is 0 Å². The molecule has 5 heteroatoms. The fraction of sp³-hybridized carbons (Fsp3) is 0.290. The van der Waals surface area contributed by atoms with Crippen LogP contribution in [0.1, 0.15) is 36.3 Å². The Kier molecular flexibility index (Phi) is 7.28. The van der Waals surface area contributed by atoms with E-state index in [0.717, 1.165) is 48.4 Å². The molecule has 1 atom stereocenters. The molecule has 1 aliphatic rings. The van der Waals surface area contributed by atoms with E-state index in [-0.39, 0.29) is 11.9 Å². The summed E-state index contributed by atoms with van der Waals surface area (Å²) in [5.41, 5.74) is 5.57. The predicted octanol–water partition coefficient (Wildman–Crippen LogP) is 6.12. The number of benzene rings is 3. The summed E-state index contributed by atoms with van der Waals surface area (Å²) in [4.78, 5) is 18.7. The van der Waals surface area contributed by atoms with Gasteiger partial charge in [0, 0.05) is 43.3 Å². The van der Waals surface area contributed by atoms with Crippen LogP contribution >= 0.6 is 0 Å². The first-order chi connectivity index (χ1) is 17.6. The zero-order valence-electron chi connectivity index (χ0n) is 21.1. The third-order valence-corrected chi connectivity index (χ3v) is 6.91. The van der Waals surface area contributed by atoms with Gasteiger partial charge in [0.2, 0.25) is 0 Å². The smallest absolute Gasteiger partial charge is 0.272 e. The molecule has 0 spiro atoms. The fourth-order valence-electron chi connectivity index (χ4n) is 5.25. The monoisotopic (exact) mass is 478 g/mol. The van der Waals surface area contributed by atoms with E-state index in [1.165, 1.54) is 5.56 Å². The second-order valence-corrected chi connectivity index (χ2v) is 10.1. The molecule has 1 aromatic heterocycles. The van der Waals surface area contributed by atoms with Crippen molar-refractivity contribution in [3.8, 4) is 22.4 Å². The Hall–Kier alpha value is -3.70. The van der Waals surface area contributed by atoms with Gasteiger partial charge in [0.1, 0.15) is 11.4 Å². The van der Waals surface area contributed by atoms with Gasteiger partial charge in [0.25, 0.3) is 5.91 Å². The lowest BCUT2D eigenvalue weighted by molar-refractivity contribution is 0.0388. The summed E-state index contributed by atoms with van der Waals surface area (Å²) < 4.78 is 0. The predicted molar refractivity (Wildman–Crippen MR) is 145 cm³/mol. The van der Waals surface area contributed by atoms with Gasteiger partial charge in [0.05, 0.1) is 0 Å². The molecular weight excluding hydrogens is 444 g/mol. The number of aromatic nitrogens is 2. The summed E-state index contributed by atoms with van der Waals surface area (Å²) in [6.45, 7) is 7.82. The normalized spacial score (nSPS) is 16.4. The highest BCUT2D eigenvalue weighted by atomic mass is 16.2. The van der Waals surface area contributed by atoms with E-state index in [0.29, 0.717) is 18.2 Å². The number of H-pyrrole nitrogens is 1. The van der Waals surface area contributed by atoms with Crippen molar-refractivity contribution in [1.82, 2.24) is 20.0 Å². The first-order valence-electron chi connectivity index (χ1n) is 12.9. The van der Waals surface area contributed by atoms with Crippen LogP contribution in [0.4, 0.5) is 0 Å². The Morgan fingerprint density at radius 3 is 2.14 bits per heavy atom. The molecular formula is C31H34N4O. The average molecular weight is 479 g/mol. The van der Waals surface area contributed by atoms with Crippen LogP contribution in [-0.4, -0.2) is 51.6 Å². The van der Waals surface area contributed by atoms with Crippen LogP contribution in [0.5, 0.6) is 0 Å². The molecule has 1 saturated heterocycles. The summed E-state index contributed by atoms with van der Waals surface area (Å²) >= 11 is 0. The maximum Gasteiger partial charge on any atom is 0.272 e. The Labute approximate surface area is 213 Å². The molecule has 36 heavy (non-hydrogen) atoms. The molecule has 0 saturated carbocycles. The van der Waals surface area contributed by atoms with E-state index >= 15 is 0 Å². The van der Waals surface area contributed by atoms with Crippen LogP contribution in [0.2, 0.25) is 0 Å². The molecule has 0 unspecified atom stereocenters. The van der Waals surface area contributed by atoms with Crippen molar-refractivity contribution in [3.05, 3.63) is 102 Å². The van der Waals surface area contributed by atoms with E-state index in [1.807, 2.05) is 48.5 Å². The van der Waals surface area contributed by atoms with Gasteiger partial charge in [-0.15, -0.1) is 0 Å². The molecule has 1 N–H and O–H groups in total. The van der Waals surface area contributed by atoms with Crippen LogP contribution in [0, 0.1) is 5.92 Å². The van der Waals surface area contributed by atoms with E-state index in [2.05, 4.69) is 76.3 Å². The molecule has 1 aliphatic heterocycles. The number of carbonyl (C=O) groups excluding carboxylic acids is 1. The highest BCUT2D eigenvalue weighted by Crippen LogP contribution is 2.34. The number of amides is 1. The van der Waals surface area contributed by atoms with Crippen molar-refractivity contribution in [2.45, 2.75) is 32.9 Å². The second kappa shape index (κ2) is 10.9. The van der Waals surface area contributed by atoms with Gasteiger partial charge in [-0.05, 0) is 23.5 Å². The van der Waals surface area contributed by atoms with Crippen LogP contribution in [0.3, 0.4) is 0 Å². The maximum absolute atomic E-state index is 14.1. The molecule has 0 bridgehead atoms. The van der Waals surface area contributed by atoms with Gasteiger partial charge < -0.3 is 4.90 Å². The number of piperazine rings is 1. The lowest BCUT2D eigenvalue weighted by Gasteiger charge is -2.42. The number of aromatic amines is 1. The largest absolute Gasteiger partial charge is 0.332 e. The van der Waals surface area contributed by atoms with Gasteiger partial charge in [-0.3, -0.25) is 14.8 Å². The summed E-state index contributed by atoms with van der Waals surface area (Å²) in [5.74, 6) is 0.533. The molecule has 0 radical (unpaired) electrons. The van der Waals surface area contributed by atoms with Gasteiger partial charge >= 0.3 is 0 Å². The van der Waals surface area contributed by atoms with Gasteiger partial charge in [-0.2, -0.15) is 5.10 Å². The first-order valence-corrected chi connectivity index (χ1v) is 12.9. The van der Waals surface area contributed by atoms with E-state index in [4.69, 9.17) is 0 Å². The zero-order valence-corrected chi connectivity index (χ0v) is 21.1. The minimum Gasteiger partial charge on any atom is -0.332 e. The highest BCUT2D eigenvalue weighted by Gasteiger charge is 2.34. The second-order valence-electron chi connectivity index (χ2n) is 10.1. The Morgan fingerprint density at radius 2 is 1.50 bits per heavy atom. The van der Waals surface area contributed by atoms with Crippen molar-refractivity contribution in [2.75, 3.05) is 19.6 Å². The van der Waals surface area contributed by atoms with Crippen LogP contribution in [-0.2, 0) is 6.54 Å². The molecule has 0 aliphatic carbocycles. The minimum atomic E-state index is 0.0357. The summed E-state index contributed by atoms with van der Waals surface area (Å²) in [5, 5.41) is 7.79. The zero-order chi connectivity index (χ0) is 24.9. The SMILES string of the molecule is CC(C)C[C@@H]1CN(Cc2ccccc2)CCN1C(=O)c1[nH]nc(-c2ccccc2)c1-c1ccccc1. The molecule has 184 valence electrons. The number of carbonyl (C=O) groups is 1. The standard InChI is InChI=1S/C31H34N4O/c1-23(2)20-27-22-34(21-24-12-6-3-7-13-24)18-19-35(27)31(36)30-28(25-14-8-4-9-15-25)29(32-33-30)26-16-10-5-11-17-26/h3-17,23,27H,18-22H2,1-2H3,(H,32,33)/t27-/m1/s1. The number of hydrogen-bond acceptors (Lipinski definition) is 3. The van der Waals surface area contributed by atoms with Crippen molar-refractivity contribution in [1.29, 1.82) is 0 Å². The van der Waals surface area contributed by atoms with Crippen LogP contribution < -0.4 is 0 Å². The van der Waals surface area contributed by atoms with Gasteiger partial charge in [-0.25, -0.2) is 0 Å². The molecule has 4 aromatic rings. The summed E-state index contributed by atoms with van der Waals surface area (Å²) in [6.07, 6.45) is 0.970. The molecule has 5 rings (SSSR count). The quantitative estimate of drug-likeness (QED) is 0.348. The van der Waals surface area contributed by atoms with E-state index in [1.54, 1.807) is 0 Å². The molecule has 2 heterocycles. The van der Waals surface area contributed by atoms with Gasteiger partial charge in [-0.1, -0.05) is 105 Å². The van der Waals surface area contributed by atoms with E-state index in [9.17, 15) is 4.79 Å². The molecule has 1 fully saturated rings. The van der Waals surface area contributed by atoms with Gasteiger partial charge in [0.15, 0.2) is 0 Å². The fourth-order valence-corrected chi connectivity index (χ4v) is 5.25.